The number of nitrogens with zero attached hydrogens (tertiary/aromatic N) is 3. The average molecular weight is 565 g/mol. The summed E-state index contributed by atoms with van der Waals surface area (Å²) in [5, 5.41) is 7.82. The van der Waals surface area contributed by atoms with Gasteiger partial charge < -0.3 is 20.3 Å². The summed E-state index contributed by atoms with van der Waals surface area (Å²) in [5.74, 6) is 1.22. The van der Waals surface area contributed by atoms with Crippen molar-refractivity contribution in [1.82, 2.24) is 20.4 Å². The van der Waals surface area contributed by atoms with E-state index in [4.69, 9.17) is 44.5 Å². The van der Waals surface area contributed by atoms with Crippen molar-refractivity contribution in [2.24, 2.45) is 4.99 Å². The van der Waals surface area contributed by atoms with Crippen molar-refractivity contribution in [2.75, 3.05) is 60.0 Å². The third kappa shape index (κ3) is 8.28. The van der Waals surface area contributed by atoms with E-state index in [0.717, 1.165) is 38.7 Å². The Hall–Kier alpha value is -0.190. The van der Waals surface area contributed by atoms with E-state index >= 15 is 0 Å². The van der Waals surface area contributed by atoms with Gasteiger partial charge in [0.15, 0.2) is 11.7 Å². The van der Waals surface area contributed by atoms with Gasteiger partial charge in [0.1, 0.15) is 6.61 Å². The highest BCUT2D eigenvalue weighted by Crippen LogP contribution is 2.35. The van der Waals surface area contributed by atoms with Crippen LogP contribution in [-0.4, -0.2) is 81.8 Å². The van der Waals surface area contributed by atoms with Crippen LogP contribution in [0.25, 0.3) is 0 Å². The molecule has 1 fully saturated rings. The van der Waals surface area contributed by atoms with E-state index in [1.54, 1.807) is 12.1 Å². The van der Waals surface area contributed by atoms with Crippen molar-refractivity contribution < 1.29 is 4.74 Å². The number of benzene rings is 1. The molecule has 1 aliphatic rings. The van der Waals surface area contributed by atoms with Gasteiger partial charge >= 0.3 is 0 Å². The average Bonchev–Trinajstić information content (AvgIpc) is 2.60. The summed E-state index contributed by atoms with van der Waals surface area (Å²) in [7, 11) is 4.30. The molecule has 1 heterocycles. The van der Waals surface area contributed by atoms with Crippen LogP contribution in [0.1, 0.15) is 6.92 Å². The molecule has 1 unspecified atom stereocenters. The Morgan fingerprint density at radius 3 is 2.50 bits per heavy atom. The monoisotopic (exact) mass is 563 g/mol. The summed E-state index contributed by atoms with van der Waals surface area (Å²) in [6, 6.07) is 3.64. The van der Waals surface area contributed by atoms with Gasteiger partial charge in [-0.2, -0.15) is 0 Å². The zero-order valence-electron chi connectivity index (χ0n) is 16.5. The van der Waals surface area contributed by atoms with Crippen molar-refractivity contribution in [3.63, 3.8) is 0 Å². The van der Waals surface area contributed by atoms with E-state index in [2.05, 4.69) is 34.5 Å². The largest absolute Gasteiger partial charge is 0.489 e. The molecule has 1 aromatic carbocycles. The van der Waals surface area contributed by atoms with E-state index in [0.29, 0.717) is 40.0 Å². The molecule has 160 valence electrons. The Morgan fingerprint density at radius 2 is 1.86 bits per heavy atom. The number of nitrogens with one attached hydrogen (secondary N) is 2. The van der Waals surface area contributed by atoms with E-state index in [1.165, 1.54) is 0 Å². The van der Waals surface area contributed by atoms with E-state index < -0.39 is 0 Å². The highest BCUT2D eigenvalue weighted by atomic mass is 127. The van der Waals surface area contributed by atoms with Crippen LogP contribution < -0.4 is 15.4 Å². The minimum atomic E-state index is 0. The van der Waals surface area contributed by atoms with Crippen molar-refractivity contribution in [1.29, 1.82) is 0 Å². The van der Waals surface area contributed by atoms with Crippen LogP contribution in [0.2, 0.25) is 15.1 Å². The first-order chi connectivity index (χ1) is 12.9. The van der Waals surface area contributed by atoms with Gasteiger partial charge in [0.25, 0.3) is 0 Å². The lowest BCUT2D eigenvalue weighted by Gasteiger charge is -2.36. The molecule has 0 aliphatic carbocycles. The topological polar surface area (TPSA) is 52.1 Å². The Bertz CT molecular complexity index is 627. The second kappa shape index (κ2) is 13.2. The minimum Gasteiger partial charge on any atom is -0.489 e. The van der Waals surface area contributed by atoms with Gasteiger partial charge in [0.2, 0.25) is 0 Å². The number of hydrogen-bond acceptors (Lipinski definition) is 4. The standard InChI is InChI=1S/C18H28Cl3N5O.HI/c1-4-22-18(24-11-14-12-25(2)6-7-26(14)3)23-5-8-27-17-15(20)9-13(19)10-16(17)21;/h9-10,14H,4-8,11-12H2,1-3H3,(H2,22,23,24);1H. The van der Waals surface area contributed by atoms with Gasteiger partial charge in [0, 0.05) is 37.2 Å². The Labute approximate surface area is 199 Å². The zero-order valence-corrected chi connectivity index (χ0v) is 21.1. The lowest BCUT2D eigenvalue weighted by atomic mass is 10.2. The molecule has 0 aromatic heterocycles. The highest BCUT2D eigenvalue weighted by Gasteiger charge is 2.21. The number of aliphatic imine (C=N–C) groups is 1. The fraction of sp³-hybridized carbons (Fsp3) is 0.611. The van der Waals surface area contributed by atoms with Gasteiger partial charge in [-0.15, -0.1) is 24.0 Å². The highest BCUT2D eigenvalue weighted by molar-refractivity contribution is 14.0. The van der Waals surface area contributed by atoms with Gasteiger partial charge in [0.05, 0.1) is 23.1 Å². The molecule has 6 nitrogen and oxygen atoms in total. The zero-order chi connectivity index (χ0) is 19.8. The molecule has 2 N–H and O–H groups in total. The van der Waals surface area contributed by atoms with Crippen LogP contribution in [0.5, 0.6) is 5.75 Å². The Balaban J connectivity index is 0.00000392. The number of hydrogen-bond donors (Lipinski definition) is 2. The Kier molecular flexibility index (Phi) is 12.2. The molecule has 10 heteroatoms. The lowest BCUT2D eigenvalue weighted by molar-refractivity contribution is 0.119. The van der Waals surface area contributed by atoms with Gasteiger partial charge in [-0.1, -0.05) is 34.8 Å². The molecule has 1 saturated heterocycles. The molecular formula is C18H29Cl3IN5O. The van der Waals surface area contributed by atoms with Gasteiger partial charge in [-0.05, 0) is 33.2 Å². The number of ether oxygens (including phenoxy) is 1. The molecule has 1 aromatic rings. The fourth-order valence-corrected chi connectivity index (χ4v) is 3.75. The summed E-state index contributed by atoms with van der Waals surface area (Å²) in [6.07, 6.45) is 0. The van der Waals surface area contributed by atoms with Gasteiger partial charge in [-0.25, -0.2) is 0 Å². The lowest BCUT2D eigenvalue weighted by Crippen LogP contribution is -2.51. The summed E-state index contributed by atoms with van der Waals surface area (Å²) in [6.45, 7) is 7.74. The van der Waals surface area contributed by atoms with Crippen LogP contribution >= 0.6 is 58.8 Å². The number of piperazine rings is 1. The second-order valence-corrected chi connectivity index (χ2v) is 7.84. The van der Waals surface area contributed by atoms with Crippen molar-refractivity contribution in [2.45, 2.75) is 13.0 Å². The first-order valence-electron chi connectivity index (χ1n) is 9.09. The number of likely N-dealkylation sites (N-methyl/N-ethyl adjacent to an activating group) is 2. The van der Waals surface area contributed by atoms with E-state index in [-0.39, 0.29) is 24.0 Å². The quantitative estimate of drug-likeness (QED) is 0.230. The smallest absolute Gasteiger partial charge is 0.191 e. The summed E-state index contributed by atoms with van der Waals surface area (Å²) >= 11 is 18.2. The van der Waals surface area contributed by atoms with Crippen LogP contribution in [0.3, 0.4) is 0 Å². The maximum absolute atomic E-state index is 6.13. The number of guanidine groups is 1. The summed E-state index contributed by atoms with van der Waals surface area (Å²) in [4.78, 5) is 9.42. The van der Waals surface area contributed by atoms with Crippen molar-refractivity contribution >= 4 is 64.7 Å². The van der Waals surface area contributed by atoms with E-state index in [9.17, 15) is 0 Å². The number of halogens is 4. The van der Waals surface area contributed by atoms with Crippen LogP contribution in [-0.2, 0) is 0 Å². The molecule has 0 bridgehead atoms. The van der Waals surface area contributed by atoms with E-state index in [1.807, 2.05) is 6.92 Å². The molecule has 0 spiro atoms. The van der Waals surface area contributed by atoms with Gasteiger partial charge in [-0.3, -0.25) is 9.89 Å². The molecule has 2 rings (SSSR count). The molecular weight excluding hydrogens is 535 g/mol. The van der Waals surface area contributed by atoms with Crippen LogP contribution in [0, 0.1) is 0 Å². The summed E-state index contributed by atoms with van der Waals surface area (Å²) in [5.41, 5.74) is 0. The first-order valence-corrected chi connectivity index (χ1v) is 10.2. The minimum absolute atomic E-state index is 0. The molecule has 1 aliphatic heterocycles. The molecule has 0 saturated carbocycles. The predicted molar refractivity (Wildman–Crippen MR) is 130 cm³/mol. The van der Waals surface area contributed by atoms with Crippen molar-refractivity contribution in [3.8, 4) is 5.75 Å². The normalized spacial score (nSPS) is 18.5. The molecule has 0 radical (unpaired) electrons. The third-order valence-electron chi connectivity index (χ3n) is 4.39. The summed E-state index contributed by atoms with van der Waals surface area (Å²) < 4.78 is 5.69. The second-order valence-electron chi connectivity index (χ2n) is 6.59. The molecule has 1 atom stereocenters. The predicted octanol–water partition coefficient (Wildman–Crippen LogP) is 3.44. The Morgan fingerprint density at radius 1 is 1.18 bits per heavy atom. The third-order valence-corrected chi connectivity index (χ3v) is 5.17. The first kappa shape index (κ1) is 25.8. The maximum Gasteiger partial charge on any atom is 0.191 e. The molecule has 0 amide bonds. The molecule has 28 heavy (non-hydrogen) atoms. The van der Waals surface area contributed by atoms with Crippen LogP contribution in [0.15, 0.2) is 17.1 Å². The van der Waals surface area contributed by atoms with Crippen molar-refractivity contribution in [3.05, 3.63) is 27.2 Å². The van der Waals surface area contributed by atoms with Crippen LogP contribution in [0.4, 0.5) is 0 Å². The maximum atomic E-state index is 6.13. The fourth-order valence-electron chi connectivity index (χ4n) is 2.83. The number of rotatable bonds is 7. The SMILES string of the molecule is CCNC(=NCC1CN(C)CCN1C)NCCOc1c(Cl)cc(Cl)cc1Cl.I.